The normalized spacial score (nSPS) is 51.8. The number of hydrogen-bond acceptors (Lipinski definition) is 2. The minimum atomic E-state index is -0.411. The van der Waals surface area contributed by atoms with E-state index >= 15 is 0 Å². The van der Waals surface area contributed by atoms with Crippen LogP contribution >= 0.6 is 0 Å². The quantitative estimate of drug-likeness (QED) is 0.592. The van der Waals surface area contributed by atoms with Gasteiger partial charge in [0, 0.05) is 5.54 Å². The molecule has 84 valence electrons. The number of nitrogens with one attached hydrogen (secondary N) is 1. The molecule has 0 aliphatic heterocycles. The fraction of sp³-hybridized carbons (Fsp3) is 0.909. The zero-order valence-corrected chi connectivity index (χ0v) is 8.78. The highest BCUT2D eigenvalue weighted by molar-refractivity contribution is 5.72. The monoisotopic (exact) mass is 210 g/mol. The Balaban J connectivity index is 1.85. The van der Waals surface area contributed by atoms with Crippen molar-refractivity contribution < 1.29 is 9.90 Å². The molecule has 0 heterocycles. The molecule has 4 N–H and O–H groups in total. The Bertz CT molecular complexity index is 289. The molecular formula is C11H18N2O2. The SMILES string of the molecule is NC(=O)NC12CC3CC(C1)C(O)C(C3)C2. The molecule has 0 aromatic heterocycles. The maximum atomic E-state index is 11.0. The highest BCUT2D eigenvalue weighted by atomic mass is 16.3. The number of rotatable bonds is 1. The van der Waals surface area contributed by atoms with E-state index in [4.69, 9.17) is 5.73 Å². The number of aliphatic hydroxyl groups excluding tert-OH is 1. The second-order valence-corrected chi connectivity index (χ2v) is 5.73. The standard InChI is InChI=1S/C11H18N2O2/c12-10(15)13-11-3-6-1-7(4-11)9(14)8(2-6)5-11/h6-9,14H,1-5H2,(H3,12,13,15). The summed E-state index contributed by atoms with van der Waals surface area (Å²) in [5.74, 6) is 1.48. The van der Waals surface area contributed by atoms with Crippen LogP contribution in [0.2, 0.25) is 0 Å². The number of urea groups is 1. The molecule has 0 saturated heterocycles. The minimum Gasteiger partial charge on any atom is -0.393 e. The summed E-state index contributed by atoms with van der Waals surface area (Å²) < 4.78 is 0. The van der Waals surface area contributed by atoms with Gasteiger partial charge in [0.1, 0.15) is 0 Å². The first-order valence-corrected chi connectivity index (χ1v) is 5.84. The van der Waals surface area contributed by atoms with Crippen molar-refractivity contribution in [2.24, 2.45) is 23.5 Å². The van der Waals surface area contributed by atoms with Crippen LogP contribution in [-0.4, -0.2) is 22.8 Å². The zero-order valence-electron chi connectivity index (χ0n) is 8.78. The minimum absolute atomic E-state index is 0.0818. The van der Waals surface area contributed by atoms with Crippen LogP contribution in [0.15, 0.2) is 0 Å². The molecule has 4 aliphatic rings. The number of aliphatic hydroxyl groups is 1. The fourth-order valence-electron chi connectivity index (χ4n) is 4.41. The number of hydrogen-bond donors (Lipinski definition) is 3. The second-order valence-electron chi connectivity index (χ2n) is 5.73. The van der Waals surface area contributed by atoms with Gasteiger partial charge in [-0.05, 0) is 49.9 Å². The fourth-order valence-corrected chi connectivity index (χ4v) is 4.41. The van der Waals surface area contributed by atoms with E-state index in [1.165, 1.54) is 0 Å². The third kappa shape index (κ3) is 1.34. The number of carbonyl (C=O) groups is 1. The average molecular weight is 210 g/mol. The zero-order chi connectivity index (χ0) is 10.6. The van der Waals surface area contributed by atoms with Gasteiger partial charge in [0.25, 0.3) is 0 Å². The molecule has 15 heavy (non-hydrogen) atoms. The molecule has 4 rings (SSSR count). The molecule has 4 saturated carbocycles. The highest BCUT2D eigenvalue weighted by Crippen LogP contribution is 2.55. The molecule has 0 spiro atoms. The molecule has 4 fully saturated rings. The van der Waals surface area contributed by atoms with Gasteiger partial charge in [-0.3, -0.25) is 0 Å². The van der Waals surface area contributed by atoms with E-state index in [0.717, 1.165) is 32.1 Å². The molecule has 4 nitrogen and oxygen atoms in total. The molecule has 2 unspecified atom stereocenters. The van der Waals surface area contributed by atoms with Crippen LogP contribution in [-0.2, 0) is 0 Å². The Hall–Kier alpha value is -0.770. The van der Waals surface area contributed by atoms with Crippen molar-refractivity contribution in [2.45, 2.75) is 43.7 Å². The van der Waals surface area contributed by atoms with Crippen molar-refractivity contribution in [2.75, 3.05) is 0 Å². The lowest BCUT2D eigenvalue weighted by Gasteiger charge is -2.58. The molecule has 4 aliphatic carbocycles. The van der Waals surface area contributed by atoms with Gasteiger partial charge in [-0.2, -0.15) is 0 Å². The summed E-state index contributed by atoms with van der Waals surface area (Å²) in [6, 6.07) is -0.411. The summed E-state index contributed by atoms with van der Waals surface area (Å²) in [5.41, 5.74) is 5.15. The molecule has 2 amide bonds. The van der Waals surface area contributed by atoms with Crippen LogP contribution in [0.25, 0.3) is 0 Å². The number of primary amides is 1. The van der Waals surface area contributed by atoms with Crippen LogP contribution in [0.1, 0.15) is 32.1 Å². The Morgan fingerprint density at radius 2 is 1.87 bits per heavy atom. The third-order valence-corrected chi connectivity index (χ3v) is 4.61. The summed E-state index contributed by atoms with van der Waals surface area (Å²) in [4.78, 5) is 11.0. The van der Waals surface area contributed by atoms with Crippen molar-refractivity contribution in [1.82, 2.24) is 5.32 Å². The summed E-state index contributed by atoms with van der Waals surface area (Å²) >= 11 is 0. The summed E-state index contributed by atoms with van der Waals surface area (Å²) in [5, 5.41) is 13.0. The highest BCUT2D eigenvalue weighted by Gasteiger charge is 2.55. The van der Waals surface area contributed by atoms with Gasteiger partial charge in [0.2, 0.25) is 0 Å². The van der Waals surface area contributed by atoms with E-state index in [1.54, 1.807) is 0 Å². The van der Waals surface area contributed by atoms with E-state index in [0.29, 0.717) is 17.8 Å². The van der Waals surface area contributed by atoms with Crippen molar-refractivity contribution in [1.29, 1.82) is 0 Å². The molecule has 0 radical (unpaired) electrons. The van der Waals surface area contributed by atoms with Crippen LogP contribution in [0.3, 0.4) is 0 Å². The first-order chi connectivity index (χ1) is 7.08. The number of amides is 2. The lowest BCUT2D eigenvalue weighted by molar-refractivity contribution is -0.108. The Kier molecular flexibility index (Phi) is 1.81. The van der Waals surface area contributed by atoms with E-state index in [-0.39, 0.29) is 11.6 Å². The van der Waals surface area contributed by atoms with Crippen LogP contribution in [0.4, 0.5) is 4.79 Å². The lowest BCUT2D eigenvalue weighted by Crippen LogP contribution is -2.64. The Labute approximate surface area is 89.2 Å². The van der Waals surface area contributed by atoms with Crippen molar-refractivity contribution >= 4 is 6.03 Å². The maximum Gasteiger partial charge on any atom is 0.312 e. The summed E-state index contributed by atoms with van der Waals surface area (Å²) in [6.07, 6.45) is 5.05. The van der Waals surface area contributed by atoms with Gasteiger partial charge >= 0.3 is 6.03 Å². The van der Waals surface area contributed by atoms with Gasteiger partial charge in [0.15, 0.2) is 0 Å². The number of nitrogens with two attached hydrogens (primary N) is 1. The Morgan fingerprint density at radius 1 is 1.27 bits per heavy atom. The average Bonchev–Trinajstić information content (AvgIpc) is 2.10. The van der Waals surface area contributed by atoms with Gasteiger partial charge < -0.3 is 16.2 Å². The van der Waals surface area contributed by atoms with E-state index < -0.39 is 6.03 Å². The number of carbonyl (C=O) groups excluding carboxylic acids is 1. The van der Waals surface area contributed by atoms with Crippen LogP contribution < -0.4 is 11.1 Å². The maximum absolute atomic E-state index is 11.0. The molecule has 2 atom stereocenters. The molecule has 4 heteroatoms. The molecule has 0 aromatic carbocycles. The van der Waals surface area contributed by atoms with Gasteiger partial charge in [-0.1, -0.05) is 0 Å². The van der Waals surface area contributed by atoms with Crippen molar-refractivity contribution in [3.05, 3.63) is 0 Å². The van der Waals surface area contributed by atoms with Gasteiger partial charge in [0.05, 0.1) is 6.10 Å². The second kappa shape index (κ2) is 2.88. The van der Waals surface area contributed by atoms with Gasteiger partial charge in [-0.15, -0.1) is 0 Å². The Morgan fingerprint density at radius 3 is 2.40 bits per heavy atom. The van der Waals surface area contributed by atoms with E-state index in [2.05, 4.69) is 5.32 Å². The first kappa shape index (κ1) is 9.46. The third-order valence-electron chi connectivity index (χ3n) is 4.61. The van der Waals surface area contributed by atoms with E-state index in [1.807, 2.05) is 0 Å². The largest absolute Gasteiger partial charge is 0.393 e. The molecule has 0 aromatic rings. The van der Waals surface area contributed by atoms with Crippen LogP contribution in [0.5, 0.6) is 0 Å². The lowest BCUT2D eigenvalue weighted by atomic mass is 9.52. The first-order valence-electron chi connectivity index (χ1n) is 5.84. The van der Waals surface area contributed by atoms with E-state index in [9.17, 15) is 9.90 Å². The topological polar surface area (TPSA) is 75.4 Å². The van der Waals surface area contributed by atoms with Gasteiger partial charge in [-0.25, -0.2) is 4.79 Å². The predicted octanol–water partition coefficient (Wildman–Crippen LogP) is 0.594. The van der Waals surface area contributed by atoms with Crippen LogP contribution in [0, 0.1) is 17.8 Å². The van der Waals surface area contributed by atoms with Crippen molar-refractivity contribution in [3.63, 3.8) is 0 Å². The molecule has 4 bridgehead atoms. The van der Waals surface area contributed by atoms with Crippen molar-refractivity contribution in [3.8, 4) is 0 Å². The molecular weight excluding hydrogens is 192 g/mol. The smallest absolute Gasteiger partial charge is 0.312 e. The summed E-state index contributed by atoms with van der Waals surface area (Å²) in [7, 11) is 0. The summed E-state index contributed by atoms with van der Waals surface area (Å²) in [6.45, 7) is 0. The predicted molar refractivity (Wildman–Crippen MR) is 55.0 cm³/mol.